The molecule has 1 atom stereocenters. The summed E-state index contributed by atoms with van der Waals surface area (Å²) in [6.07, 6.45) is 2.61. The van der Waals surface area contributed by atoms with Gasteiger partial charge in [-0.1, -0.05) is 5.57 Å². The molecule has 0 saturated carbocycles. The highest BCUT2D eigenvalue weighted by atomic mass is 32.2. The van der Waals surface area contributed by atoms with Gasteiger partial charge in [-0.2, -0.15) is 0 Å². The van der Waals surface area contributed by atoms with Gasteiger partial charge in [0.05, 0.1) is 11.0 Å². The predicted molar refractivity (Wildman–Crippen MR) is 46.1 cm³/mol. The fourth-order valence-electron chi connectivity index (χ4n) is 0.477. The van der Waals surface area contributed by atoms with E-state index in [4.69, 9.17) is 0 Å². The Hall–Kier alpha value is -0.150. The Morgan fingerprint density at radius 3 is 2.50 bits per heavy atom. The first-order chi connectivity index (χ1) is 4.54. The largest absolute Gasteiger partial charge is 0.243 e. The molecular formula is C7H15NOS. The van der Waals surface area contributed by atoms with Crippen molar-refractivity contribution in [1.29, 1.82) is 0 Å². The van der Waals surface area contributed by atoms with Crippen LogP contribution in [0.4, 0.5) is 0 Å². The summed E-state index contributed by atoms with van der Waals surface area (Å²) >= 11 is 0. The SMILES string of the molecule is C=C(C)CCN(C)S(C)=O. The molecule has 0 bridgehead atoms. The van der Waals surface area contributed by atoms with Crippen molar-refractivity contribution < 1.29 is 4.21 Å². The second-order valence-corrected chi connectivity index (χ2v) is 3.95. The summed E-state index contributed by atoms with van der Waals surface area (Å²) in [5.74, 6) is 0. The lowest BCUT2D eigenvalue weighted by molar-refractivity contribution is 0.529. The Labute approximate surface area is 65.5 Å². The molecule has 0 fully saturated rings. The first-order valence-corrected chi connectivity index (χ1v) is 4.74. The van der Waals surface area contributed by atoms with Crippen molar-refractivity contribution in [2.24, 2.45) is 0 Å². The molecule has 0 aromatic heterocycles. The number of hydrogen-bond donors (Lipinski definition) is 0. The maximum Gasteiger partial charge on any atom is 0.0908 e. The van der Waals surface area contributed by atoms with Gasteiger partial charge in [-0.3, -0.25) is 0 Å². The minimum absolute atomic E-state index is 0.832. The molecule has 0 saturated heterocycles. The second-order valence-electron chi connectivity index (χ2n) is 2.48. The van der Waals surface area contributed by atoms with E-state index >= 15 is 0 Å². The van der Waals surface area contributed by atoms with Gasteiger partial charge in [-0.05, 0) is 20.4 Å². The van der Waals surface area contributed by atoms with E-state index in [1.54, 1.807) is 10.6 Å². The molecule has 0 aliphatic rings. The number of hydrogen-bond acceptors (Lipinski definition) is 1. The lowest BCUT2D eigenvalue weighted by Crippen LogP contribution is -2.21. The van der Waals surface area contributed by atoms with Crippen LogP contribution in [0.3, 0.4) is 0 Å². The quantitative estimate of drug-likeness (QED) is 0.567. The maximum atomic E-state index is 10.8. The summed E-state index contributed by atoms with van der Waals surface area (Å²) in [4.78, 5) is 0. The third kappa shape index (κ3) is 4.70. The molecule has 0 aliphatic heterocycles. The zero-order valence-electron chi connectivity index (χ0n) is 6.89. The number of rotatable bonds is 4. The van der Waals surface area contributed by atoms with E-state index in [9.17, 15) is 4.21 Å². The summed E-state index contributed by atoms with van der Waals surface area (Å²) in [7, 11) is 1.01. The standard InChI is InChI=1S/C7H15NOS/c1-7(2)5-6-8(3)10(4)9/h1,5-6H2,2-4H3. The Morgan fingerprint density at radius 1 is 1.70 bits per heavy atom. The fraction of sp³-hybridized carbons (Fsp3) is 0.714. The summed E-state index contributed by atoms with van der Waals surface area (Å²) in [6.45, 7) is 6.57. The minimum atomic E-state index is -0.835. The molecule has 0 aromatic carbocycles. The van der Waals surface area contributed by atoms with E-state index in [-0.39, 0.29) is 0 Å². The Balaban J connectivity index is 3.49. The highest BCUT2D eigenvalue weighted by Gasteiger charge is 1.99. The normalized spacial score (nSPS) is 13.6. The van der Waals surface area contributed by atoms with Crippen molar-refractivity contribution in [3.63, 3.8) is 0 Å². The molecule has 0 aliphatic carbocycles. The van der Waals surface area contributed by atoms with Gasteiger partial charge in [0.15, 0.2) is 0 Å². The van der Waals surface area contributed by atoms with Crippen LogP contribution in [0, 0.1) is 0 Å². The molecule has 0 spiro atoms. The maximum absolute atomic E-state index is 10.8. The summed E-state index contributed by atoms with van der Waals surface area (Å²) in [5, 5.41) is 0. The highest BCUT2D eigenvalue weighted by molar-refractivity contribution is 7.81. The van der Waals surface area contributed by atoms with Crippen molar-refractivity contribution in [3.05, 3.63) is 12.2 Å². The van der Waals surface area contributed by atoms with Gasteiger partial charge < -0.3 is 0 Å². The molecular weight excluding hydrogens is 146 g/mol. The summed E-state index contributed by atoms with van der Waals surface area (Å²) in [5.41, 5.74) is 1.14. The van der Waals surface area contributed by atoms with Crippen LogP contribution < -0.4 is 0 Å². The molecule has 0 rings (SSSR count). The molecule has 0 radical (unpaired) electrons. The van der Waals surface area contributed by atoms with E-state index in [2.05, 4.69) is 6.58 Å². The molecule has 0 heterocycles. The van der Waals surface area contributed by atoms with Crippen LogP contribution in [0.5, 0.6) is 0 Å². The molecule has 3 heteroatoms. The van der Waals surface area contributed by atoms with Gasteiger partial charge in [0.2, 0.25) is 0 Å². The third-order valence-corrected chi connectivity index (χ3v) is 2.35. The van der Waals surface area contributed by atoms with Crippen LogP contribution >= 0.6 is 0 Å². The summed E-state index contributed by atoms with van der Waals surface area (Å²) < 4.78 is 12.6. The first-order valence-electron chi connectivity index (χ1n) is 3.23. The van der Waals surface area contributed by atoms with E-state index < -0.39 is 11.0 Å². The third-order valence-electron chi connectivity index (χ3n) is 1.29. The Bertz CT molecular complexity index is 145. The van der Waals surface area contributed by atoms with Crippen LogP contribution in [0.15, 0.2) is 12.2 Å². The van der Waals surface area contributed by atoms with E-state index in [1.807, 2.05) is 14.0 Å². The van der Waals surface area contributed by atoms with Crippen molar-refractivity contribution >= 4 is 11.0 Å². The van der Waals surface area contributed by atoms with Gasteiger partial charge in [0, 0.05) is 12.8 Å². The van der Waals surface area contributed by atoms with Crippen molar-refractivity contribution in [1.82, 2.24) is 4.31 Å². The lowest BCUT2D eigenvalue weighted by atomic mass is 10.2. The zero-order valence-corrected chi connectivity index (χ0v) is 7.70. The van der Waals surface area contributed by atoms with Crippen LogP contribution in [0.1, 0.15) is 13.3 Å². The van der Waals surface area contributed by atoms with Gasteiger partial charge in [0.1, 0.15) is 0 Å². The molecule has 1 unspecified atom stereocenters. The average molecular weight is 161 g/mol. The molecule has 10 heavy (non-hydrogen) atoms. The van der Waals surface area contributed by atoms with Crippen molar-refractivity contribution in [2.75, 3.05) is 19.8 Å². The van der Waals surface area contributed by atoms with Crippen LogP contribution in [0.2, 0.25) is 0 Å². The lowest BCUT2D eigenvalue weighted by Gasteiger charge is -2.11. The van der Waals surface area contributed by atoms with Crippen molar-refractivity contribution in [3.8, 4) is 0 Å². The Kier molecular flexibility index (Phi) is 4.56. The molecule has 60 valence electrons. The summed E-state index contributed by atoms with van der Waals surface area (Å²) in [6, 6.07) is 0. The van der Waals surface area contributed by atoms with Gasteiger partial charge in [-0.15, -0.1) is 6.58 Å². The van der Waals surface area contributed by atoms with E-state index in [0.717, 1.165) is 18.5 Å². The molecule has 0 aromatic rings. The first kappa shape index (κ1) is 9.85. The monoisotopic (exact) mass is 161 g/mol. The van der Waals surface area contributed by atoms with Gasteiger partial charge in [0.25, 0.3) is 0 Å². The smallest absolute Gasteiger partial charge is 0.0908 e. The highest BCUT2D eigenvalue weighted by Crippen LogP contribution is 1.97. The predicted octanol–water partition coefficient (Wildman–Crippen LogP) is 1.18. The van der Waals surface area contributed by atoms with Gasteiger partial charge in [-0.25, -0.2) is 8.51 Å². The zero-order chi connectivity index (χ0) is 8.15. The second kappa shape index (κ2) is 4.63. The van der Waals surface area contributed by atoms with Crippen LogP contribution in [-0.2, 0) is 11.0 Å². The fourth-order valence-corrected chi connectivity index (χ4v) is 0.825. The molecule has 2 nitrogen and oxygen atoms in total. The van der Waals surface area contributed by atoms with Crippen LogP contribution in [-0.4, -0.2) is 28.4 Å². The van der Waals surface area contributed by atoms with E-state index in [1.165, 1.54) is 0 Å². The van der Waals surface area contributed by atoms with E-state index in [0.29, 0.717) is 0 Å². The van der Waals surface area contributed by atoms with Crippen LogP contribution in [0.25, 0.3) is 0 Å². The molecule has 0 N–H and O–H groups in total. The van der Waals surface area contributed by atoms with Crippen molar-refractivity contribution in [2.45, 2.75) is 13.3 Å². The Morgan fingerprint density at radius 2 is 2.20 bits per heavy atom. The van der Waals surface area contributed by atoms with Gasteiger partial charge >= 0.3 is 0 Å². The average Bonchev–Trinajstić information content (AvgIpc) is 1.82. The number of nitrogens with zero attached hydrogens (tertiary/aromatic N) is 1. The minimum Gasteiger partial charge on any atom is -0.243 e. The molecule has 0 amide bonds. The topological polar surface area (TPSA) is 20.3 Å².